The molecule has 5 heteroatoms. The molecule has 0 aromatic heterocycles. The van der Waals surface area contributed by atoms with Crippen LogP contribution in [0.3, 0.4) is 0 Å². The van der Waals surface area contributed by atoms with E-state index in [4.69, 9.17) is 4.18 Å². The van der Waals surface area contributed by atoms with Crippen LogP contribution >= 0.6 is 0 Å². The molecule has 0 spiro atoms. The van der Waals surface area contributed by atoms with Gasteiger partial charge in [0.05, 0.1) is 0 Å². The molecule has 3 aromatic rings. The highest BCUT2D eigenvalue weighted by Gasteiger charge is 2.26. The molecule has 0 aliphatic rings. The third-order valence-electron chi connectivity index (χ3n) is 4.30. The molecular weight excluding hydrogens is 360 g/mol. The topological polar surface area (TPSA) is 63.6 Å². The van der Waals surface area contributed by atoms with Gasteiger partial charge in [0, 0.05) is 5.56 Å². The van der Waals surface area contributed by atoms with Gasteiger partial charge in [-0.3, -0.25) is 4.55 Å². The molecule has 140 valence electrons. The van der Waals surface area contributed by atoms with Crippen molar-refractivity contribution in [2.45, 2.75) is 26.2 Å². The zero-order chi connectivity index (χ0) is 19.7. The van der Waals surface area contributed by atoms with Gasteiger partial charge in [0.25, 0.3) is 0 Å². The highest BCUT2D eigenvalue weighted by Crippen LogP contribution is 2.45. The van der Waals surface area contributed by atoms with Crippen LogP contribution in [-0.4, -0.2) is 13.0 Å². The van der Waals surface area contributed by atoms with Crippen molar-refractivity contribution in [2.24, 2.45) is 0 Å². The van der Waals surface area contributed by atoms with Crippen molar-refractivity contribution in [3.05, 3.63) is 78.4 Å². The molecule has 0 fully saturated rings. The van der Waals surface area contributed by atoms with Gasteiger partial charge in [-0.25, -0.2) is 0 Å². The van der Waals surface area contributed by atoms with E-state index < -0.39 is 10.4 Å². The average molecular weight is 382 g/mol. The van der Waals surface area contributed by atoms with Crippen LogP contribution in [0, 0.1) is 0 Å². The first kappa shape index (κ1) is 19.1. The van der Waals surface area contributed by atoms with E-state index in [-0.39, 0.29) is 11.2 Å². The zero-order valence-corrected chi connectivity index (χ0v) is 16.3. The summed E-state index contributed by atoms with van der Waals surface area (Å²) in [5.41, 5.74) is 4.13. The van der Waals surface area contributed by atoms with Crippen molar-refractivity contribution in [1.82, 2.24) is 0 Å². The smallest absolute Gasteiger partial charge is 0.361 e. The van der Waals surface area contributed by atoms with Crippen molar-refractivity contribution in [1.29, 1.82) is 0 Å². The Balaban J connectivity index is 2.44. The number of benzene rings is 3. The average Bonchev–Trinajstić information content (AvgIpc) is 2.60. The Kier molecular flexibility index (Phi) is 5.09. The van der Waals surface area contributed by atoms with Crippen LogP contribution in [0.5, 0.6) is 5.75 Å². The third kappa shape index (κ3) is 4.38. The lowest BCUT2D eigenvalue weighted by atomic mass is 9.78. The number of rotatable bonds is 4. The molecule has 3 aromatic carbocycles. The Labute approximate surface area is 160 Å². The van der Waals surface area contributed by atoms with E-state index >= 15 is 0 Å². The Morgan fingerprint density at radius 2 is 1.22 bits per heavy atom. The Morgan fingerprint density at radius 1 is 0.741 bits per heavy atom. The minimum atomic E-state index is -4.65. The lowest BCUT2D eigenvalue weighted by Crippen LogP contribution is -2.15. The summed E-state index contributed by atoms with van der Waals surface area (Å²) in [5.74, 6) is 0.0931. The first-order valence-corrected chi connectivity index (χ1v) is 9.98. The largest absolute Gasteiger partial charge is 0.446 e. The SMILES string of the molecule is CC(C)(C)c1ccc(OS(=O)(=O)O)c(-c2ccccc2)c1-c1ccccc1. The monoisotopic (exact) mass is 382 g/mol. The third-order valence-corrected chi connectivity index (χ3v) is 4.69. The van der Waals surface area contributed by atoms with Crippen LogP contribution in [-0.2, 0) is 15.8 Å². The van der Waals surface area contributed by atoms with Crippen molar-refractivity contribution in [3.63, 3.8) is 0 Å². The maximum atomic E-state index is 11.4. The summed E-state index contributed by atoms with van der Waals surface area (Å²) in [5, 5.41) is 0. The van der Waals surface area contributed by atoms with E-state index in [2.05, 4.69) is 20.8 Å². The number of hydrogen-bond acceptors (Lipinski definition) is 3. The summed E-state index contributed by atoms with van der Waals surface area (Å²) in [6.07, 6.45) is 0. The fraction of sp³-hybridized carbons (Fsp3) is 0.182. The minimum Gasteiger partial charge on any atom is -0.361 e. The van der Waals surface area contributed by atoms with Gasteiger partial charge < -0.3 is 4.18 Å². The van der Waals surface area contributed by atoms with Gasteiger partial charge in [-0.15, -0.1) is 0 Å². The van der Waals surface area contributed by atoms with E-state index in [1.54, 1.807) is 6.07 Å². The Hall–Kier alpha value is -2.63. The molecule has 0 amide bonds. The summed E-state index contributed by atoms with van der Waals surface area (Å²) in [6, 6.07) is 22.7. The van der Waals surface area contributed by atoms with Gasteiger partial charge >= 0.3 is 10.4 Å². The Bertz CT molecular complexity index is 1030. The molecule has 0 atom stereocenters. The van der Waals surface area contributed by atoms with Crippen molar-refractivity contribution in [3.8, 4) is 28.0 Å². The van der Waals surface area contributed by atoms with E-state index in [1.165, 1.54) is 0 Å². The molecule has 0 aliphatic heterocycles. The standard InChI is InChI=1S/C22H22O4S/c1-22(2,3)18-14-15-19(26-27(23,24)25)21(17-12-8-5-9-13-17)20(18)16-10-6-4-7-11-16/h4-15H,1-3H3,(H,23,24,25). The second-order valence-corrected chi connectivity index (χ2v) is 8.38. The van der Waals surface area contributed by atoms with Crippen LogP contribution in [0.4, 0.5) is 0 Å². The minimum absolute atomic E-state index is 0.0931. The molecule has 0 saturated carbocycles. The van der Waals surface area contributed by atoms with Gasteiger partial charge in [0.2, 0.25) is 0 Å². The summed E-state index contributed by atoms with van der Waals surface area (Å²) in [7, 11) is -4.65. The molecular formula is C22H22O4S. The maximum Gasteiger partial charge on any atom is 0.446 e. The van der Waals surface area contributed by atoms with Crippen LogP contribution < -0.4 is 4.18 Å². The predicted molar refractivity (Wildman–Crippen MR) is 108 cm³/mol. The van der Waals surface area contributed by atoms with Crippen LogP contribution in [0.25, 0.3) is 22.3 Å². The van der Waals surface area contributed by atoms with Crippen molar-refractivity contribution in [2.75, 3.05) is 0 Å². The van der Waals surface area contributed by atoms with Crippen molar-refractivity contribution >= 4 is 10.4 Å². The van der Waals surface area contributed by atoms with Crippen LogP contribution in [0.15, 0.2) is 72.8 Å². The summed E-state index contributed by atoms with van der Waals surface area (Å²) in [6.45, 7) is 6.31. The number of hydrogen-bond donors (Lipinski definition) is 1. The van der Waals surface area contributed by atoms with E-state index in [0.717, 1.165) is 22.3 Å². The Morgan fingerprint density at radius 3 is 1.67 bits per heavy atom. The van der Waals surface area contributed by atoms with E-state index in [9.17, 15) is 13.0 Å². The predicted octanol–water partition coefficient (Wildman–Crippen LogP) is 5.50. The summed E-state index contributed by atoms with van der Waals surface area (Å²) >= 11 is 0. The van der Waals surface area contributed by atoms with Gasteiger partial charge in [-0.1, -0.05) is 87.5 Å². The molecule has 0 saturated heterocycles. The first-order valence-electron chi connectivity index (χ1n) is 8.62. The molecule has 0 aliphatic carbocycles. The summed E-state index contributed by atoms with van der Waals surface area (Å²) < 4.78 is 37.1. The lowest BCUT2D eigenvalue weighted by Gasteiger charge is -2.26. The lowest BCUT2D eigenvalue weighted by molar-refractivity contribution is 0.387. The van der Waals surface area contributed by atoms with E-state index in [0.29, 0.717) is 5.56 Å². The van der Waals surface area contributed by atoms with Crippen molar-refractivity contribution < 1.29 is 17.2 Å². The second kappa shape index (κ2) is 7.18. The van der Waals surface area contributed by atoms with Gasteiger partial charge in [-0.2, -0.15) is 8.42 Å². The van der Waals surface area contributed by atoms with Gasteiger partial charge in [0.15, 0.2) is 5.75 Å². The van der Waals surface area contributed by atoms with Gasteiger partial charge in [-0.05, 0) is 33.7 Å². The second-order valence-electron chi connectivity index (χ2n) is 7.35. The highest BCUT2D eigenvalue weighted by molar-refractivity contribution is 7.81. The first-order chi connectivity index (χ1) is 12.7. The van der Waals surface area contributed by atoms with Crippen LogP contribution in [0.2, 0.25) is 0 Å². The fourth-order valence-electron chi connectivity index (χ4n) is 3.19. The molecule has 27 heavy (non-hydrogen) atoms. The normalized spacial score (nSPS) is 12.0. The zero-order valence-electron chi connectivity index (χ0n) is 15.5. The quantitative estimate of drug-likeness (QED) is 0.605. The van der Waals surface area contributed by atoms with E-state index in [1.807, 2.05) is 66.7 Å². The van der Waals surface area contributed by atoms with Crippen LogP contribution in [0.1, 0.15) is 26.3 Å². The molecule has 0 unspecified atom stereocenters. The molecule has 1 N–H and O–H groups in total. The molecule has 4 nitrogen and oxygen atoms in total. The fourth-order valence-corrected chi connectivity index (χ4v) is 3.55. The molecule has 0 radical (unpaired) electrons. The summed E-state index contributed by atoms with van der Waals surface area (Å²) in [4.78, 5) is 0. The molecule has 0 bridgehead atoms. The molecule has 3 rings (SSSR count). The highest BCUT2D eigenvalue weighted by atomic mass is 32.3. The van der Waals surface area contributed by atoms with Gasteiger partial charge in [0.1, 0.15) is 0 Å². The maximum absolute atomic E-state index is 11.4. The molecule has 0 heterocycles.